The molecule has 0 spiro atoms. The van der Waals surface area contributed by atoms with E-state index < -0.39 is 0 Å². The summed E-state index contributed by atoms with van der Waals surface area (Å²) in [6, 6.07) is 8.08. The monoisotopic (exact) mass is 225 g/mol. The highest BCUT2D eigenvalue weighted by atomic mass is 35.5. The van der Waals surface area contributed by atoms with E-state index in [1.807, 2.05) is 19.1 Å². The zero-order valence-electron chi connectivity index (χ0n) is 8.09. The standard InChI is InChI=1S/C11H12ClNS/c1-9-7-11(14-6-2-5-12)4-3-10(9)8-13/h3-4,7H,2,5-6H2,1H3. The summed E-state index contributed by atoms with van der Waals surface area (Å²) in [7, 11) is 0. The highest BCUT2D eigenvalue weighted by molar-refractivity contribution is 7.99. The molecule has 0 atom stereocenters. The molecule has 0 unspecified atom stereocenters. The van der Waals surface area contributed by atoms with Crippen LogP contribution in [-0.4, -0.2) is 11.6 Å². The van der Waals surface area contributed by atoms with Crippen molar-refractivity contribution in [3.05, 3.63) is 29.3 Å². The van der Waals surface area contributed by atoms with Crippen molar-refractivity contribution in [3.8, 4) is 6.07 Å². The lowest BCUT2D eigenvalue weighted by Gasteiger charge is -2.02. The van der Waals surface area contributed by atoms with Crippen molar-refractivity contribution in [2.45, 2.75) is 18.2 Å². The normalized spacial score (nSPS) is 9.79. The Morgan fingerprint density at radius 3 is 2.86 bits per heavy atom. The Hall–Kier alpha value is -0.650. The second kappa shape index (κ2) is 5.95. The van der Waals surface area contributed by atoms with Gasteiger partial charge in [0.2, 0.25) is 0 Å². The first-order chi connectivity index (χ1) is 6.77. The van der Waals surface area contributed by atoms with Crippen molar-refractivity contribution in [1.29, 1.82) is 5.26 Å². The molecule has 0 N–H and O–H groups in total. The predicted molar refractivity (Wildman–Crippen MR) is 62.0 cm³/mol. The average molecular weight is 226 g/mol. The third-order valence-corrected chi connectivity index (χ3v) is 3.21. The fraction of sp³-hybridized carbons (Fsp3) is 0.364. The van der Waals surface area contributed by atoms with Crippen LogP contribution in [0.3, 0.4) is 0 Å². The van der Waals surface area contributed by atoms with Crippen molar-refractivity contribution in [3.63, 3.8) is 0 Å². The van der Waals surface area contributed by atoms with Crippen LogP contribution < -0.4 is 0 Å². The van der Waals surface area contributed by atoms with Crippen molar-refractivity contribution in [2.24, 2.45) is 0 Å². The van der Waals surface area contributed by atoms with Crippen LogP contribution in [0.5, 0.6) is 0 Å². The fourth-order valence-corrected chi connectivity index (χ4v) is 2.34. The van der Waals surface area contributed by atoms with E-state index >= 15 is 0 Å². The van der Waals surface area contributed by atoms with E-state index in [1.54, 1.807) is 11.8 Å². The molecule has 1 aromatic rings. The Labute approximate surface area is 94.1 Å². The molecule has 3 heteroatoms. The van der Waals surface area contributed by atoms with Gasteiger partial charge in [-0.3, -0.25) is 0 Å². The molecule has 0 aliphatic rings. The summed E-state index contributed by atoms with van der Waals surface area (Å²) < 4.78 is 0. The summed E-state index contributed by atoms with van der Waals surface area (Å²) in [6.45, 7) is 1.96. The fourth-order valence-electron chi connectivity index (χ4n) is 1.10. The Kier molecular flexibility index (Phi) is 4.86. The number of nitriles is 1. The molecule has 0 radical (unpaired) electrons. The van der Waals surface area contributed by atoms with Crippen LogP contribution in [0.4, 0.5) is 0 Å². The van der Waals surface area contributed by atoms with Gasteiger partial charge in [0.1, 0.15) is 0 Å². The Morgan fingerprint density at radius 2 is 2.29 bits per heavy atom. The number of benzene rings is 1. The number of halogens is 1. The van der Waals surface area contributed by atoms with Crippen molar-refractivity contribution in [2.75, 3.05) is 11.6 Å². The van der Waals surface area contributed by atoms with E-state index in [9.17, 15) is 0 Å². The number of hydrogen-bond donors (Lipinski definition) is 0. The lowest BCUT2D eigenvalue weighted by atomic mass is 10.1. The van der Waals surface area contributed by atoms with Gasteiger partial charge in [-0.1, -0.05) is 0 Å². The molecule has 0 aliphatic carbocycles. The maximum absolute atomic E-state index is 8.75. The largest absolute Gasteiger partial charge is 0.192 e. The zero-order valence-corrected chi connectivity index (χ0v) is 9.66. The first kappa shape index (κ1) is 11.4. The lowest BCUT2D eigenvalue weighted by Crippen LogP contribution is -1.85. The minimum Gasteiger partial charge on any atom is -0.192 e. The summed E-state index contributed by atoms with van der Waals surface area (Å²) in [4.78, 5) is 1.21. The number of rotatable bonds is 4. The molecule has 74 valence electrons. The van der Waals surface area contributed by atoms with E-state index in [2.05, 4.69) is 12.1 Å². The summed E-state index contributed by atoms with van der Waals surface area (Å²) in [5, 5.41) is 8.75. The van der Waals surface area contributed by atoms with E-state index in [4.69, 9.17) is 16.9 Å². The SMILES string of the molecule is Cc1cc(SCCCCl)ccc1C#N. The Morgan fingerprint density at radius 1 is 1.50 bits per heavy atom. The molecule has 1 nitrogen and oxygen atoms in total. The van der Waals surface area contributed by atoms with Crippen LogP contribution in [0, 0.1) is 18.3 Å². The summed E-state index contributed by atoms with van der Waals surface area (Å²) in [5.74, 6) is 1.75. The molecule has 0 aromatic heterocycles. The van der Waals surface area contributed by atoms with Gasteiger partial charge in [-0.05, 0) is 42.9 Å². The maximum Gasteiger partial charge on any atom is 0.0994 e. The number of thioether (sulfide) groups is 1. The van der Waals surface area contributed by atoms with Gasteiger partial charge in [-0.25, -0.2) is 0 Å². The minimum absolute atomic E-state index is 0.711. The number of alkyl halides is 1. The van der Waals surface area contributed by atoms with Crippen LogP contribution in [0.1, 0.15) is 17.5 Å². The molecule has 0 heterocycles. The third-order valence-electron chi connectivity index (χ3n) is 1.87. The van der Waals surface area contributed by atoms with Crippen LogP contribution in [0.25, 0.3) is 0 Å². The van der Waals surface area contributed by atoms with Gasteiger partial charge in [0.05, 0.1) is 11.6 Å². The van der Waals surface area contributed by atoms with Gasteiger partial charge >= 0.3 is 0 Å². The molecule has 1 rings (SSSR count). The minimum atomic E-state index is 0.711. The first-order valence-electron chi connectivity index (χ1n) is 4.47. The quantitative estimate of drug-likeness (QED) is 0.444. The second-order valence-electron chi connectivity index (χ2n) is 2.98. The second-order valence-corrected chi connectivity index (χ2v) is 4.53. The molecular weight excluding hydrogens is 214 g/mol. The smallest absolute Gasteiger partial charge is 0.0994 e. The van der Waals surface area contributed by atoms with E-state index in [-0.39, 0.29) is 0 Å². The number of hydrogen-bond acceptors (Lipinski definition) is 2. The molecule has 0 bridgehead atoms. The molecule has 0 fully saturated rings. The number of nitrogens with zero attached hydrogens (tertiary/aromatic N) is 1. The molecule has 0 aliphatic heterocycles. The first-order valence-corrected chi connectivity index (χ1v) is 5.99. The van der Waals surface area contributed by atoms with E-state index in [0.717, 1.165) is 23.3 Å². The molecule has 0 saturated carbocycles. The van der Waals surface area contributed by atoms with Crippen molar-refractivity contribution < 1.29 is 0 Å². The van der Waals surface area contributed by atoms with Crippen molar-refractivity contribution >= 4 is 23.4 Å². The topological polar surface area (TPSA) is 23.8 Å². The summed E-state index contributed by atoms with van der Waals surface area (Å²) in [6.07, 6.45) is 1.02. The zero-order chi connectivity index (χ0) is 10.4. The predicted octanol–water partition coefficient (Wildman–Crippen LogP) is 3.59. The van der Waals surface area contributed by atoms with E-state index in [0.29, 0.717) is 5.88 Å². The lowest BCUT2D eigenvalue weighted by molar-refractivity contribution is 1.11. The van der Waals surface area contributed by atoms with Gasteiger partial charge < -0.3 is 0 Å². The third kappa shape index (κ3) is 3.25. The summed E-state index contributed by atoms with van der Waals surface area (Å²) in [5.41, 5.74) is 1.80. The van der Waals surface area contributed by atoms with Crippen LogP contribution in [0.15, 0.2) is 23.1 Å². The average Bonchev–Trinajstić information content (AvgIpc) is 2.18. The van der Waals surface area contributed by atoms with Crippen LogP contribution in [0.2, 0.25) is 0 Å². The van der Waals surface area contributed by atoms with Gasteiger partial charge in [0.15, 0.2) is 0 Å². The van der Waals surface area contributed by atoms with E-state index in [1.165, 1.54) is 4.90 Å². The van der Waals surface area contributed by atoms with Crippen LogP contribution >= 0.6 is 23.4 Å². The molecule has 0 saturated heterocycles. The molecule has 0 amide bonds. The summed E-state index contributed by atoms with van der Waals surface area (Å²) >= 11 is 7.37. The molecule has 1 aromatic carbocycles. The highest BCUT2D eigenvalue weighted by Crippen LogP contribution is 2.21. The Bertz CT molecular complexity index is 344. The number of aryl methyl sites for hydroxylation is 1. The van der Waals surface area contributed by atoms with Gasteiger partial charge in [0.25, 0.3) is 0 Å². The van der Waals surface area contributed by atoms with Gasteiger partial charge in [-0.15, -0.1) is 23.4 Å². The van der Waals surface area contributed by atoms with Gasteiger partial charge in [-0.2, -0.15) is 5.26 Å². The van der Waals surface area contributed by atoms with Crippen molar-refractivity contribution in [1.82, 2.24) is 0 Å². The maximum atomic E-state index is 8.75. The van der Waals surface area contributed by atoms with Crippen LogP contribution in [-0.2, 0) is 0 Å². The van der Waals surface area contributed by atoms with Gasteiger partial charge in [0, 0.05) is 10.8 Å². The Balaban J connectivity index is 2.63. The molecule has 14 heavy (non-hydrogen) atoms. The molecular formula is C11H12ClNS. The highest BCUT2D eigenvalue weighted by Gasteiger charge is 1.99.